The Kier molecular flexibility index (Phi) is 5.09. The molecule has 0 aliphatic heterocycles. The molecular weight excluding hydrogens is 276 g/mol. The van der Waals surface area contributed by atoms with Crippen LogP contribution in [0, 0.1) is 0 Å². The summed E-state index contributed by atoms with van der Waals surface area (Å²) in [5.74, 6) is -0.885. The zero-order valence-corrected chi connectivity index (χ0v) is 11.5. The van der Waals surface area contributed by atoms with Crippen LogP contribution in [0.15, 0.2) is 48.7 Å². The predicted octanol–water partition coefficient (Wildman–Crippen LogP) is 2.52. The summed E-state index contributed by atoms with van der Waals surface area (Å²) in [6, 6.07) is 12.1. The minimum absolute atomic E-state index is 0.351. The van der Waals surface area contributed by atoms with Crippen LogP contribution in [0.5, 0.6) is 0 Å². The molecule has 2 rings (SSSR count). The largest absolute Gasteiger partial charge is 0.480 e. The van der Waals surface area contributed by atoms with Crippen molar-refractivity contribution in [3.05, 3.63) is 64.9 Å². The van der Waals surface area contributed by atoms with E-state index in [0.717, 1.165) is 11.3 Å². The molecule has 104 valence electrons. The lowest BCUT2D eigenvalue weighted by molar-refractivity contribution is -0.139. The Morgan fingerprint density at radius 1 is 1.25 bits per heavy atom. The molecule has 2 aromatic rings. The number of pyridine rings is 1. The fourth-order valence-corrected chi connectivity index (χ4v) is 1.94. The number of halogens is 1. The van der Waals surface area contributed by atoms with E-state index in [2.05, 4.69) is 10.3 Å². The SMILES string of the molecule is O=C(O)[C@@H](Cc1ccccn1)NCc1ccc(Cl)cc1. The third-order valence-corrected chi connectivity index (χ3v) is 3.16. The van der Waals surface area contributed by atoms with Crippen LogP contribution in [-0.4, -0.2) is 22.1 Å². The maximum absolute atomic E-state index is 11.3. The van der Waals surface area contributed by atoms with E-state index in [-0.39, 0.29) is 0 Å². The molecule has 0 saturated heterocycles. The molecule has 2 N–H and O–H groups in total. The maximum atomic E-state index is 11.3. The summed E-state index contributed by atoms with van der Waals surface area (Å²) in [5, 5.41) is 12.9. The van der Waals surface area contributed by atoms with Gasteiger partial charge in [0.2, 0.25) is 0 Å². The highest BCUT2D eigenvalue weighted by atomic mass is 35.5. The van der Waals surface area contributed by atoms with E-state index in [1.807, 2.05) is 24.3 Å². The Morgan fingerprint density at radius 2 is 2.00 bits per heavy atom. The molecule has 0 unspecified atom stereocenters. The van der Waals surface area contributed by atoms with E-state index in [0.29, 0.717) is 18.0 Å². The summed E-state index contributed by atoms with van der Waals surface area (Å²) in [7, 11) is 0. The van der Waals surface area contributed by atoms with Crippen molar-refractivity contribution in [1.82, 2.24) is 10.3 Å². The number of carboxylic acid groups (broad SMARTS) is 1. The molecule has 0 aliphatic rings. The van der Waals surface area contributed by atoms with Gasteiger partial charge >= 0.3 is 5.97 Å². The minimum Gasteiger partial charge on any atom is -0.480 e. The van der Waals surface area contributed by atoms with E-state index in [1.165, 1.54) is 0 Å². The second-order valence-corrected chi connectivity index (χ2v) is 4.86. The number of carbonyl (C=O) groups is 1. The van der Waals surface area contributed by atoms with Gasteiger partial charge in [-0.2, -0.15) is 0 Å². The van der Waals surface area contributed by atoms with Gasteiger partial charge in [-0.05, 0) is 29.8 Å². The average molecular weight is 291 g/mol. The summed E-state index contributed by atoms with van der Waals surface area (Å²) >= 11 is 5.81. The number of aliphatic carboxylic acids is 1. The van der Waals surface area contributed by atoms with Crippen molar-refractivity contribution < 1.29 is 9.90 Å². The number of benzene rings is 1. The highest BCUT2D eigenvalue weighted by molar-refractivity contribution is 6.30. The first-order valence-electron chi connectivity index (χ1n) is 6.25. The van der Waals surface area contributed by atoms with Crippen molar-refractivity contribution in [2.45, 2.75) is 19.0 Å². The third-order valence-electron chi connectivity index (χ3n) is 2.90. The number of hydrogen-bond donors (Lipinski definition) is 2. The molecule has 1 aromatic carbocycles. The van der Waals surface area contributed by atoms with Crippen LogP contribution >= 0.6 is 11.6 Å². The lowest BCUT2D eigenvalue weighted by Gasteiger charge is -2.14. The Hall–Kier alpha value is -1.91. The van der Waals surface area contributed by atoms with Crippen LogP contribution in [-0.2, 0) is 17.8 Å². The van der Waals surface area contributed by atoms with Crippen molar-refractivity contribution in [2.24, 2.45) is 0 Å². The second-order valence-electron chi connectivity index (χ2n) is 4.42. The molecule has 4 nitrogen and oxygen atoms in total. The first-order chi connectivity index (χ1) is 9.65. The normalized spacial score (nSPS) is 12.1. The lowest BCUT2D eigenvalue weighted by atomic mass is 10.1. The quantitative estimate of drug-likeness (QED) is 0.858. The number of nitrogens with zero attached hydrogens (tertiary/aromatic N) is 1. The lowest BCUT2D eigenvalue weighted by Crippen LogP contribution is -2.38. The van der Waals surface area contributed by atoms with E-state index < -0.39 is 12.0 Å². The second kappa shape index (κ2) is 7.03. The number of rotatable bonds is 6. The summed E-state index contributed by atoms with van der Waals surface area (Å²) in [5.41, 5.74) is 1.74. The molecule has 5 heteroatoms. The summed E-state index contributed by atoms with van der Waals surface area (Å²) in [6.07, 6.45) is 2.01. The Labute approximate surface area is 122 Å². The van der Waals surface area contributed by atoms with Crippen molar-refractivity contribution >= 4 is 17.6 Å². The minimum atomic E-state index is -0.885. The number of aromatic nitrogens is 1. The van der Waals surface area contributed by atoms with E-state index in [1.54, 1.807) is 24.4 Å². The smallest absolute Gasteiger partial charge is 0.321 e. The number of hydrogen-bond acceptors (Lipinski definition) is 3. The summed E-state index contributed by atoms with van der Waals surface area (Å²) in [6.45, 7) is 0.473. The molecule has 1 aromatic heterocycles. The Balaban J connectivity index is 1.96. The fourth-order valence-electron chi connectivity index (χ4n) is 1.82. The van der Waals surface area contributed by atoms with E-state index in [4.69, 9.17) is 11.6 Å². The van der Waals surface area contributed by atoms with Crippen molar-refractivity contribution in [3.63, 3.8) is 0 Å². The fraction of sp³-hybridized carbons (Fsp3) is 0.200. The van der Waals surface area contributed by atoms with Crippen LogP contribution in [0.1, 0.15) is 11.3 Å². The van der Waals surface area contributed by atoms with Gasteiger partial charge in [-0.1, -0.05) is 29.8 Å². The van der Waals surface area contributed by atoms with Crippen LogP contribution in [0.2, 0.25) is 5.02 Å². The molecule has 20 heavy (non-hydrogen) atoms. The van der Waals surface area contributed by atoms with E-state index in [9.17, 15) is 9.90 Å². The van der Waals surface area contributed by atoms with Gasteiger partial charge < -0.3 is 5.11 Å². The first-order valence-corrected chi connectivity index (χ1v) is 6.63. The van der Waals surface area contributed by atoms with Gasteiger partial charge in [-0.15, -0.1) is 0 Å². The van der Waals surface area contributed by atoms with Crippen molar-refractivity contribution in [2.75, 3.05) is 0 Å². The molecule has 0 fully saturated rings. The van der Waals surface area contributed by atoms with Gasteiger partial charge in [-0.3, -0.25) is 15.1 Å². The number of nitrogens with one attached hydrogen (secondary N) is 1. The zero-order valence-electron chi connectivity index (χ0n) is 10.8. The number of carboxylic acids is 1. The monoisotopic (exact) mass is 290 g/mol. The van der Waals surface area contributed by atoms with Gasteiger partial charge in [0.1, 0.15) is 6.04 Å². The average Bonchev–Trinajstić information content (AvgIpc) is 2.46. The Morgan fingerprint density at radius 3 is 2.60 bits per heavy atom. The van der Waals surface area contributed by atoms with Gasteiger partial charge in [0.25, 0.3) is 0 Å². The highest BCUT2D eigenvalue weighted by Crippen LogP contribution is 2.09. The molecule has 0 spiro atoms. The van der Waals surface area contributed by atoms with E-state index >= 15 is 0 Å². The predicted molar refractivity (Wildman–Crippen MR) is 77.7 cm³/mol. The van der Waals surface area contributed by atoms with Crippen molar-refractivity contribution in [3.8, 4) is 0 Å². The molecule has 0 amide bonds. The van der Waals surface area contributed by atoms with Gasteiger partial charge in [0.05, 0.1) is 0 Å². The molecular formula is C15H15ClN2O2. The van der Waals surface area contributed by atoms with Crippen LogP contribution in [0.4, 0.5) is 0 Å². The molecule has 0 aliphatic carbocycles. The molecule has 0 saturated carbocycles. The summed E-state index contributed by atoms with van der Waals surface area (Å²) in [4.78, 5) is 15.4. The van der Waals surface area contributed by atoms with Crippen LogP contribution < -0.4 is 5.32 Å². The molecule has 0 bridgehead atoms. The molecule has 1 atom stereocenters. The topological polar surface area (TPSA) is 62.2 Å². The first kappa shape index (κ1) is 14.5. The summed E-state index contributed by atoms with van der Waals surface area (Å²) < 4.78 is 0. The highest BCUT2D eigenvalue weighted by Gasteiger charge is 2.17. The van der Waals surface area contributed by atoms with Crippen molar-refractivity contribution in [1.29, 1.82) is 0 Å². The van der Waals surface area contributed by atoms with Crippen LogP contribution in [0.3, 0.4) is 0 Å². The van der Waals surface area contributed by atoms with Gasteiger partial charge in [0.15, 0.2) is 0 Å². The third kappa shape index (κ3) is 4.33. The maximum Gasteiger partial charge on any atom is 0.321 e. The van der Waals surface area contributed by atoms with Gasteiger partial charge in [-0.25, -0.2) is 0 Å². The molecule has 0 radical (unpaired) electrons. The van der Waals surface area contributed by atoms with Gasteiger partial charge in [0, 0.05) is 29.9 Å². The Bertz CT molecular complexity index is 558. The standard InChI is InChI=1S/C15H15ClN2O2/c16-12-6-4-11(5-7-12)10-18-14(15(19)20)9-13-3-1-2-8-17-13/h1-8,14,18H,9-10H2,(H,19,20)/t14-/m1/s1. The van der Waals surface area contributed by atoms with Crippen LogP contribution in [0.25, 0.3) is 0 Å². The molecule has 1 heterocycles. The zero-order chi connectivity index (χ0) is 14.4.